The zero-order valence-corrected chi connectivity index (χ0v) is 13.5. The Kier molecular flexibility index (Phi) is 5.00. The van der Waals surface area contributed by atoms with Crippen LogP contribution in [0.5, 0.6) is 0 Å². The summed E-state index contributed by atoms with van der Waals surface area (Å²) in [4.78, 5) is 5.02. The lowest BCUT2D eigenvalue weighted by Crippen LogP contribution is -2.55. The number of fused-ring (bicyclic) bond motifs is 1. The normalized spacial score (nSPS) is 40.5. The van der Waals surface area contributed by atoms with Crippen LogP contribution in [0.3, 0.4) is 0 Å². The van der Waals surface area contributed by atoms with Crippen molar-refractivity contribution in [3.63, 3.8) is 0 Å². The first-order valence-corrected chi connectivity index (χ1v) is 8.84. The molecule has 3 fully saturated rings. The Hall–Kier alpha value is -0.120. The third kappa shape index (κ3) is 3.55. The van der Waals surface area contributed by atoms with Crippen LogP contribution < -0.4 is 5.32 Å². The summed E-state index contributed by atoms with van der Waals surface area (Å²) in [6, 6.07) is 1.51. The van der Waals surface area contributed by atoms with E-state index in [0.29, 0.717) is 6.04 Å². The van der Waals surface area contributed by atoms with E-state index in [1.54, 1.807) is 0 Å². The highest BCUT2D eigenvalue weighted by Crippen LogP contribution is 2.40. The molecule has 3 rings (SSSR count). The molecule has 3 aliphatic rings. The number of piperazine rings is 1. The van der Waals surface area contributed by atoms with Crippen molar-refractivity contribution in [2.45, 2.75) is 57.0 Å². The van der Waals surface area contributed by atoms with Crippen LogP contribution in [0.1, 0.15) is 44.9 Å². The summed E-state index contributed by atoms with van der Waals surface area (Å²) in [6.45, 7) is 4.85. The minimum absolute atomic E-state index is 0.706. The van der Waals surface area contributed by atoms with Crippen LogP contribution >= 0.6 is 0 Å². The third-order valence-electron chi connectivity index (χ3n) is 6.16. The minimum Gasteiger partial charge on any atom is -0.312 e. The molecule has 1 heterocycles. The molecule has 116 valence electrons. The van der Waals surface area contributed by atoms with Crippen molar-refractivity contribution in [3.8, 4) is 0 Å². The van der Waals surface area contributed by atoms with Gasteiger partial charge in [0.2, 0.25) is 0 Å². The summed E-state index contributed by atoms with van der Waals surface area (Å²) < 4.78 is 0. The van der Waals surface area contributed by atoms with Gasteiger partial charge in [0, 0.05) is 38.3 Å². The van der Waals surface area contributed by atoms with Gasteiger partial charge < -0.3 is 10.2 Å². The first-order chi connectivity index (χ1) is 9.72. The van der Waals surface area contributed by atoms with E-state index in [1.807, 2.05) is 0 Å². The lowest BCUT2D eigenvalue weighted by molar-refractivity contribution is 0.100. The highest BCUT2D eigenvalue weighted by atomic mass is 15.3. The molecular weight excluding hydrogens is 246 g/mol. The van der Waals surface area contributed by atoms with Crippen LogP contribution in [-0.2, 0) is 0 Å². The van der Waals surface area contributed by atoms with E-state index in [0.717, 1.165) is 17.9 Å². The molecule has 0 spiro atoms. The maximum Gasteiger partial charge on any atom is 0.0345 e. The molecule has 0 radical (unpaired) electrons. The van der Waals surface area contributed by atoms with Crippen LogP contribution in [0.25, 0.3) is 0 Å². The van der Waals surface area contributed by atoms with Gasteiger partial charge in [-0.2, -0.15) is 0 Å². The van der Waals surface area contributed by atoms with Crippen LogP contribution in [0.2, 0.25) is 0 Å². The Balaban J connectivity index is 1.44. The Morgan fingerprint density at radius 1 is 0.950 bits per heavy atom. The Morgan fingerprint density at radius 2 is 1.75 bits per heavy atom. The largest absolute Gasteiger partial charge is 0.312 e. The summed E-state index contributed by atoms with van der Waals surface area (Å²) in [6.07, 6.45) is 10.4. The van der Waals surface area contributed by atoms with Crippen molar-refractivity contribution < 1.29 is 0 Å². The van der Waals surface area contributed by atoms with Gasteiger partial charge in [-0.3, -0.25) is 4.90 Å². The lowest BCUT2D eigenvalue weighted by Gasteiger charge is -2.42. The molecule has 1 saturated heterocycles. The number of likely N-dealkylation sites (N-methyl/N-ethyl adjacent to an activating group) is 2. The molecule has 0 aromatic rings. The van der Waals surface area contributed by atoms with E-state index in [4.69, 9.17) is 0 Å². The van der Waals surface area contributed by atoms with E-state index in [-0.39, 0.29) is 0 Å². The van der Waals surface area contributed by atoms with Crippen LogP contribution in [0.15, 0.2) is 0 Å². The number of hydrogen-bond donors (Lipinski definition) is 1. The maximum absolute atomic E-state index is 3.91. The molecule has 2 saturated carbocycles. The summed E-state index contributed by atoms with van der Waals surface area (Å²) in [5.41, 5.74) is 0. The van der Waals surface area contributed by atoms with Crippen molar-refractivity contribution in [1.82, 2.24) is 15.1 Å². The van der Waals surface area contributed by atoms with E-state index >= 15 is 0 Å². The predicted molar refractivity (Wildman–Crippen MR) is 85.0 cm³/mol. The van der Waals surface area contributed by atoms with Gasteiger partial charge in [0.05, 0.1) is 0 Å². The molecule has 0 amide bonds. The molecular formula is C17H33N3. The summed E-state index contributed by atoms with van der Waals surface area (Å²) in [5.74, 6) is 2.12. The Bertz CT molecular complexity index is 307. The fourth-order valence-corrected chi connectivity index (χ4v) is 4.68. The molecule has 3 heteroatoms. The zero-order valence-electron chi connectivity index (χ0n) is 13.5. The van der Waals surface area contributed by atoms with Gasteiger partial charge in [0.15, 0.2) is 0 Å². The first-order valence-electron chi connectivity index (χ1n) is 8.84. The van der Waals surface area contributed by atoms with E-state index in [2.05, 4.69) is 29.2 Å². The van der Waals surface area contributed by atoms with Gasteiger partial charge in [0.25, 0.3) is 0 Å². The molecule has 0 aromatic heterocycles. The Labute approximate surface area is 125 Å². The number of hydrogen-bond acceptors (Lipinski definition) is 3. The van der Waals surface area contributed by atoms with Gasteiger partial charge in [-0.15, -0.1) is 0 Å². The van der Waals surface area contributed by atoms with Gasteiger partial charge in [0.1, 0.15) is 0 Å². The van der Waals surface area contributed by atoms with Gasteiger partial charge in [-0.05, 0) is 45.2 Å². The monoisotopic (exact) mass is 279 g/mol. The van der Waals surface area contributed by atoms with Gasteiger partial charge in [-0.25, -0.2) is 0 Å². The fraction of sp³-hybridized carbons (Fsp3) is 1.00. The molecule has 4 unspecified atom stereocenters. The van der Waals surface area contributed by atoms with Gasteiger partial charge >= 0.3 is 0 Å². The molecule has 4 atom stereocenters. The van der Waals surface area contributed by atoms with Crippen molar-refractivity contribution in [2.24, 2.45) is 11.8 Å². The molecule has 1 N–H and O–H groups in total. The van der Waals surface area contributed by atoms with Crippen molar-refractivity contribution in [2.75, 3.05) is 40.3 Å². The van der Waals surface area contributed by atoms with Crippen molar-refractivity contribution in [3.05, 3.63) is 0 Å². The number of rotatable bonds is 3. The topological polar surface area (TPSA) is 18.5 Å². The SMILES string of the molecule is CN1CCN(C)C(CNC2CCC3CCCCC3C2)C1. The smallest absolute Gasteiger partial charge is 0.0345 e. The second-order valence-corrected chi connectivity index (χ2v) is 7.62. The average Bonchev–Trinajstić information content (AvgIpc) is 2.48. The molecule has 2 aliphatic carbocycles. The summed E-state index contributed by atoms with van der Waals surface area (Å²) in [5, 5.41) is 3.91. The zero-order chi connectivity index (χ0) is 13.9. The van der Waals surface area contributed by atoms with Crippen LogP contribution in [-0.4, -0.2) is 62.2 Å². The summed E-state index contributed by atoms with van der Waals surface area (Å²) in [7, 11) is 4.55. The average molecular weight is 279 g/mol. The molecule has 0 aromatic carbocycles. The van der Waals surface area contributed by atoms with E-state index in [1.165, 1.54) is 71.1 Å². The first kappa shape index (κ1) is 14.8. The highest BCUT2D eigenvalue weighted by molar-refractivity contribution is 4.88. The molecule has 1 aliphatic heterocycles. The second-order valence-electron chi connectivity index (χ2n) is 7.62. The van der Waals surface area contributed by atoms with Crippen LogP contribution in [0, 0.1) is 11.8 Å². The molecule has 3 nitrogen and oxygen atoms in total. The quantitative estimate of drug-likeness (QED) is 0.854. The van der Waals surface area contributed by atoms with E-state index in [9.17, 15) is 0 Å². The minimum atomic E-state index is 0.706. The Morgan fingerprint density at radius 3 is 2.60 bits per heavy atom. The van der Waals surface area contributed by atoms with Crippen molar-refractivity contribution in [1.29, 1.82) is 0 Å². The lowest BCUT2D eigenvalue weighted by atomic mass is 9.69. The van der Waals surface area contributed by atoms with E-state index < -0.39 is 0 Å². The number of nitrogens with one attached hydrogen (secondary N) is 1. The number of nitrogens with zero attached hydrogens (tertiary/aromatic N) is 2. The third-order valence-corrected chi connectivity index (χ3v) is 6.16. The van der Waals surface area contributed by atoms with Crippen LogP contribution in [0.4, 0.5) is 0 Å². The maximum atomic E-state index is 3.91. The molecule has 0 bridgehead atoms. The predicted octanol–water partition coefficient (Wildman–Crippen LogP) is 2.18. The second kappa shape index (κ2) is 6.76. The molecule has 20 heavy (non-hydrogen) atoms. The summed E-state index contributed by atoms with van der Waals surface area (Å²) >= 11 is 0. The van der Waals surface area contributed by atoms with Gasteiger partial charge in [-0.1, -0.05) is 25.7 Å². The standard InChI is InChI=1S/C17H33N3/c1-19-9-10-20(2)17(13-19)12-18-16-8-7-14-5-3-4-6-15(14)11-16/h14-18H,3-13H2,1-2H3. The van der Waals surface area contributed by atoms with Crippen molar-refractivity contribution >= 4 is 0 Å². The highest BCUT2D eigenvalue weighted by Gasteiger charge is 2.32. The fourth-order valence-electron chi connectivity index (χ4n) is 4.68.